The number of carbonyl (C=O) groups is 1. The zero-order chi connectivity index (χ0) is 11.7. The van der Waals surface area contributed by atoms with Gasteiger partial charge in [0.15, 0.2) is 0 Å². The lowest BCUT2D eigenvalue weighted by molar-refractivity contribution is -0.136. The topological polar surface area (TPSA) is 49.6 Å². The van der Waals surface area contributed by atoms with Gasteiger partial charge in [0.05, 0.1) is 6.04 Å². The fourth-order valence-corrected chi connectivity index (χ4v) is 2.61. The molecule has 0 aromatic carbocycles. The molecular weight excluding hydrogens is 202 g/mol. The Bertz CT molecular complexity index is 263. The molecule has 1 amide bonds. The first-order valence-corrected chi connectivity index (χ1v) is 6.36. The number of carbonyl (C=O) groups excluding carboxylic acids is 1. The van der Waals surface area contributed by atoms with Crippen molar-refractivity contribution in [2.24, 2.45) is 5.73 Å². The molecule has 0 radical (unpaired) electrons. The lowest BCUT2D eigenvalue weighted by Crippen LogP contribution is -2.54. The van der Waals surface area contributed by atoms with Crippen molar-refractivity contribution in [2.75, 3.05) is 20.1 Å². The molecule has 4 nitrogen and oxygen atoms in total. The number of piperidine rings is 1. The van der Waals surface area contributed by atoms with Gasteiger partial charge >= 0.3 is 0 Å². The first kappa shape index (κ1) is 11.9. The molecule has 1 saturated heterocycles. The third-order valence-corrected chi connectivity index (χ3v) is 3.58. The Kier molecular flexibility index (Phi) is 3.50. The van der Waals surface area contributed by atoms with Crippen molar-refractivity contribution in [3.05, 3.63) is 0 Å². The smallest absolute Gasteiger partial charge is 0.239 e. The van der Waals surface area contributed by atoms with E-state index in [1.807, 2.05) is 0 Å². The predicted octanol–water partition coefficient (Wildman–Crippen LogP) is 0.419. The van der Waals surface area contributed by atoms with E-state index in [9.17, 15) is 4.79 Å². The average molecular weight is 225 g/mol. The molecule has 2 rings (SSSR count). The number of amides is 1. The van der Waals surface area contributed by atoms with Crippen molar-refractivity contribution in [2.45, 2.75) is 50.7 Å². The number of hydrogen-bond donors (Lipinski definition) is 1. The van der Waals surface area contributed by atoms with Crippen molar-refractivity contribution in [1.29, 1.82) is 0 Å². The average Bonchev–Trinajstić information content (AvgIpc) is 3.02. The summed E-state index contributed by atoms with van der Waals surface area (Å²) in [5.41, 5.74) is 5.74. The van der Waals surface area contributed by atoms with Gasteiger partial charge in [0.2, 0.25) is 5.91 Å². The Balaban J connectivity index is 2.03. The summed E-state index contributed by atoms with van der Waals surface area (Å²) >= 11 is 0. The third-order valence-electron chi connectivity index (χ3n) is 3.58. The van der Waals surface area contributed by atoms with Crippen LogP contribution in [0.25, 0.3) is 0 Å². The highest BCUT2D eigenvalue weighted by atomic mass is 16.2. The minimum absolute atomic E-state index is 0.141. The second-order valence-electron chi connectivity index (χ2n) is 5.32. The van der Waals surface area contributed by atoms with Crippen LogP contribution in [0.15, 0.2) is 0 Å². The molecule has 1 saturated carbocycles. The van der Waals surface area contributed by atoms with Gasteiger partial charge in [-0.15, -0.1) is 0 Å². The lowest BCUT2D eigenvalue weighted by Gasteiger charge is -2.39. The summed E-state index contributed by atoms with van der Waals surface area (Å²) in [5, 5.41) is 0. The molecule has 0 spiro atoms. The molecule has 0 bridgehead atoms. The van der Waals surface area contributed by atoms with Crippen LogP contribution in [-0.2, 0) is 4.79 Å². The van der Waals surface area contributed by atoms with Crippen LogP contribution in [0.1, 0.15) is 32.6 Å². The molecule has 0 aromatic heterocycles. The van der Waals surface area contributed by atoms with Crippen LogP contribution in [0.2, 0.25) is 0 Å². The number of hydrogen-bond acceptors (Lipinski definition) is 3. The molecule has 1 heterocycles. The van der Waals surface area contributed by atoms with Crippen LogP contribution in [-0.4, -0.2) is 54.0 Å². The second-order valence-corrected chi connectivity index (χ2v) is 5.32. The summed E-state index contributed by atoms with van der Waals surface area (Å²) in [6, 6.07) is 0.521. The third kappa shape index (κ3) is 2.55. The van der Waals surface area contributed by atoms with E-state index in [0.717, 1.165) is 19.5 Å². The van der Waals surface area contributed by atoms with Crippen LogP contribution >= 0.6 is 0 Å². The zero-order valence-corrected chi connectivity index (χ0v) is 10.4. The number of rotatable bonds is 3. The maximum Gasteiger partial charge on any atom is 0.239 e. The normalized spacial score (nSPS) is 28.8. The quantitative estimate of drug-likeness (QED) is 0.757. The van der Waals surface area contributed by atoms with E-state index in [1.165, 1.54) is 19.3 Å². The standard InChI is InChI=1S/C12H23N3O/c1-9(13)12(16)15(10-5-6-10)11-4-3-7-14(2)8-11/h9-11H,3-8,13H2,1-2H3/t9-,11?/m0/s1. The molecule has 1 aliphatic carbocycles. The molecule has 2 N–H and O–H groups in total. The van der Waals surface area contributed by atoms with Gasteiger partial charge in [0.1, 0.15) is 0 Å². The summed E-state index contributed by atoms with van der Waals surface area (Å²) in [6.45, 7) is 3.96. The van der Waals surface area contributed by atoms with E-state index in [1.54, 1.807) is 6.92 Å². The molecule has 2 aliphatic rings. The van der Waals surface area contributed by atoms with Gasteiger partial charge in [0.25, 0.3) is 0 Å². The minimum atomic E-state index is -0.354. The van der Waals surface area contributed by atoms with Crippen LogP contribution in [0.3, 0.4) is 0 Å². The minimum Gasteiger partial charge on any atom is -0.334 e. The maximum atomic E-state index is 12.1. The Morgan fingerprint density at radius 3 is 2.56 bits per heavy atom. The molecule has 92 valence electrons. The fourth-order valence-electron chi connectivity index (χ4n) is 2.61. The van der Waals surface area contributed by atoms with Crippen LogP contribution in [0, 0.1) is 0 Å². The fraction of sp³-hybridized carbons (Fsp3) is 0.917. The van der Waals surface area contributed by atoms with E-state index >= 15 is 0 Å². The van der Waals surface area contributed by atoms with Crippen molar-refractivity contribution in [1.82, 2.24) is 9.80 Å². The van der Waals surface area contributed by atoms with Crippen LogP contribution in [0.4, 0.5) is 0 Å². The van der Waals surface area contributed by atoms with E-state index in [4.69, 9.17) is 5.73 Å². The Morgan fingerprint density at radius 2 is 2.06 bits per heavy atom. The van der Waals surface area contributed by atoms with Crippen molar-refractivity contribution in [3.63, 3.8) is 0 Å². The first-order valence-electron chi connectivity index (χ1n) is 6.36. The Labute approximate surface area is 97.8 Å². The molecule has 0 aromatic rings. The van der Waals surface area contributed by atoms with Gasteiger partial charge in [-0.25, -0.2) is 0 Å². The van der Waals surface area contributed by atoms with Gasteiger partial charge in [-0.3, -0.25) is 4.79 Å². The Hall–Kier alpha value is -0.610. The zero-order valence-electron chi connectivity index (χ0n) is 10.4. The molecular formula is C12H23N3O. The van der Waals surface area contributed by atoms with E-state index < -0.39 is 0 Å². The van der Waals surface area contributed by atoms with Gasteiger partial charge in [-0.1, -0.05) is 0 Å². The molecule has 2 atom stereocenters. The number of nitrogens with zero attached hydrogens (tertiary/aromatic N) is 2. The van der Waals surface area contributed by atoms with Crippen LogP contribution < -0.4 is 5.73 Å². The number of likely N-dealkylation sites (N-methyl/N-ethyl adjacent to an activating group) is 1. The maximum absolute atomic E-state index is 12.1. The summed E-state index contributed by atoms with van der Waals surface area (Å²) in [4.78, 5) is 16.5. The highest BCUT2D eigenvalue weighted by Gasteiger charge is 2.39. The van der Waals surface area contributed by atoms with E-state index in [2.05, 4.69) is 16.8 Å². The van der Waals surface area contributed by atoms with E-state index in [0.29, 0.717) is 12.1 Å². The molecule has 1 unspecified atom stereocenters. The highest BCUT2D eigenvalue weighted by Crippen LogP contribution is 2.31. The number of nitrogens with two attached hydrogens (primary N) is 1. The Morgan fingerprint density at radius 1 is 1.38 bits per heavy atom. The monoisotopic (exact) mass is 225 g/mol. The largest absolute Gasteiger partial charge is 0.334 e. The van der Waals surface area contributed by atoms with Gasteiger partial charge in [-0.05, 0) is 46.2 Å². The van der Waals surface area contributed by atoms with Gasteiger partial charge in [-0.2, -0.15) is 0 Å². The van der Waals surface area contributed by atoms with Gasteiger partial charge in [0, 0.05) is 18.6 Å². The SMILES string of the molecule is C[C@H](N)C(=O)N(C1CC1)C1CCCN(C)C1. The van der Waals surface area contributed by atoms with Crippen molar-refractivity contribution in [3.8, 4) is 0 Å². The van der Waals surface area contributed by atoms with Gasteiger partial charge < -0.3 is 15.5 Å². The van der Waals surface area contributed by atoms with Crippen LogP contribution in [0.5, 0.6) is 0 Å². The summed E-state index contributed by atoms with van der Waals surface area (Å²) in [7, 11) is 2.13. The first-order chi connectivity index (χ1) is 7.59. The van der Waals surface area contributed by atoms with Crippen molar-refractivity contribution >= 4 is 5.91 Å². The molecule has 2 fully saturated rings. The lowest BCUT2D eigenvalue weighted by atomic mass is 10.0. The van der Waals surface area contributed by atoms with Crippen molar-refractivity contribution < 1.29 is 4.79 Å². The summed E-state index contributed by atoms with van der Waals surface area (Å²) in [6.07, 6.45) is 4.66. The summed E-state index contributed by atoms with van der Waals surface area (Å²) < 4.78 is 0. The predicted molar refractivity (Wildman–Crippen MR) is 64.0 cm³/mol. The summed E-state index contributed by atoms with van der Waals surface area (Å²) in [5.74, 6) is 0.141. The molecule has 16 heavy (non-hydrogen) atoms. The van der Waals surface area contributed by atoms with E-state index in [-0.39, 0.29) is 11.9 Å². The number of likely N-dealkylation sites (tertiary alicyclic amines) is 1. The molecule has 4 heteroatoms. The highest BCUT2D eigenvalue weighted by molar-refractivity contribution is 5.82. The second kappa shape index (κ2) is 4.72. The molecule has 1 aliphatic heterocycles.